The molecule has 5 nitrogen and oxygen atoms in total. The molecule has 186 valence electrons. The van der Waals surface area contributed by atoms with E-state index in [9.17, 15) is 9.90 Å². The summed E-state index contributed by atoms with van der Waals surface area (Å²) in [7, 11) is 0. The van der Waals surface area contributed by atoms with Crippen LogP contribution < -0.4 is 5.32 Å². The number of nitrogens with zero attached hydrogens (tertiary/aromatic N) is 1. The summed E-state index contributed by atoms with van der Waals surface area (Å²) in [6.07, 6.45) is 3.94. The van der Waals surface area contributed by atoms with E-state index in [1.807, 2.05) is 26.0 Å². The van der Waals surface area contributed by atoms with E-state index < -0.39 is 0 Å². The number of aromatic amines is 1. The van der Waals surface area contributed by atoms with Gasteiger partial charge in [0.1, 0.15) is 5.75 Å². The molecule has 3 N–H and O–H groups in total. The molecule has 2 aliphatic heterocycles. The first-order valence-electron chi connectivity index (χ1n) is 12.6. The van der Waals surface area contributed by atoms with Gasteiger partial charge in [0.25, 0.3) is 5.91 Å². The van der Waals surface area contributed by atoms with Gasteiger partial charge in [0.15, 0.2) is 0 Å². The lowest BCUT2D eigenvalue weighted by Crippen LogP contribution is -2.28. The Bertz CT molecular complexity index is 1440. The average molecular weight is 502 g/mol. The van der Waals surface area contributed by atoms with E-state index >= 15 is 0 Å². The lowest BCUT2D eigenvalue weighted by atomic mass is 9.90. The van der Waals surface area contributed by atoms with Gasteiger partial charge in [0.05, 0.1) is 5.56 Å². The van der Waals surface area contributed by atoms with E-state index in [-0.39, 0.29) is 18.3 Å². The fourth-order valence-electron chi connectivity index (χ4n) is 5.76. The molecule has 0 bridgehead atoms. The molecule has 2 aliphatic rings. The minimum atomic E-state index is -0.0338. The van der Waals surface area contributed by atoms with Crippen LogP contribution >= 0.6 is 12.4 Å². The highest BCUT2D eigenvalue weighted by Crippen LogP contribution is 2.38. The Kier molecular flexibility index (Phi) is 6.54. The summed E-state index contributed by atoms with van der Waals surface area (Å²) in [5.41, 5.74) is 9.81. The Morgan fingerprint density at radius 2 is 1.64 bits per heavy atom. The van der Waals surface area contributed by atoms with Gasteiger partial charge in [-0.05, 0) is 103 Å². The van der Waals surface area contributed by atoms with E-state index in [2.05, 4.69) is 51.6 Å². The second-order valence-electron chi connectivity index (χ2n) is 10.1. The molecule has 4 aromatic rings. The summed E-state index contributed by atoms with van der Waals surface area (Å²) in [6, 6.07) is 17.0. The first-order chi connectivity index (χ1) is 17.0. The number of likely N-dealkylation sites (tertiary alicyclic amines) is 1. The number of rotatable bonds is 4. The number of carbonyl (C=O) groups excluding carboxylic acids is 1. The number of benzene rings is 3. The standard InChI is InChI=1S/C30H31N3O2.ClH/c1-18-12-21(13-19(2)29(18)34)23-7-8-24(28-25(23)16-31-30(28)35)27-15-22-14-20(6-9-26(22)32-27)17-33-10-4-3-5-11-33;/h6-9,12-15,32,34H,3-5,10-11,16-17H2,1-2H3,(H,31,35);1H. The molecule has 0 atom stereocenters. The molecule has 1 saturated heterocycles. The molecule has 36 heavy (non-hydrogen) atoms. The molecule has 3 aromatic carbocycles. The van der Waals surface area contributed by atoms with Crippen LogP contribution in [0, 0.1) is 13.8 Å². The van der Waals surface area contributed by atoms with Crippen molar-refractivity contribution in [3.8, 4) is 28.1 Å². The Labute approximate surface area is 217 Å². The number of H-pyrrole nitrogens is 1. The van der Waals surface area contributed by atoms with Gasteiger partial charge in [0.2, 0.25) is 0 Å². The van der Waals surface area contributed by atoms with Crippen molar-refractivity contribution in [2.24, 2.45) is 0 Å². The Hall–Kier alpha value is -3.28. The van der Waals surface area contributed by atoms with Gasteiger partial charge in [0, 0.05) is 35.2 Å². The van der Waals surface area contributed by atoms with Crippen LogP contribution in [0.4, 0.5) is 0 Å². The van der Waals surface area contributed by atoms with Crippen LogP contribution in [0.1, 0.15) is 51.9 Å². The maximum atomic E-state index is 13.0. The van der Waals surface area contributed by atoms with Crippen LogP contribution in [0.5, 0.6) is 5.75 Å². The Morgan fingerprint density at radius 1 is 0.917 bits per heavy atom. The lowest BCUT2D eigenvalue weighted by Gasteiger charge is -2.26. The predicted octanol–water partition coefficient (Wildman–Crippen LogP) is 6.48. The van der Waals surface area contributed by atoms with Gasteiger partial charge in [-0.1, -0.05) is 24.6 Å². The minimum absolute atomic E-state index is 0. The number of hydrogen-bond donors (Lipinski definition) is 3. The number of phenolic OH excluding ortho intramolecular Hbond substituents is 1. The maximum absolute atomic E-state index is 13.0. The van der Waals surface area contributed by atoms with E-state index in [1.54, 1.807) is 0 Å². The van der Waals surface area contributed by atoms with Gasteiger partial charge in [-0.25, -0.2) is 0 Å². The van der Waals surface area contributed by atoms with Gasteiger partial charge >= 0.3 is 0 Å². The molecule has 0 aliphatic carbocycles. The number of aromatic hydroxyl groups is 1. The van der Waals surface area contributed by atoms with Crippen LogP contribution in [0.15, 0.2) is 48.5 Å². The molecular weight excluding hydrogens is 470 g/mol. The molecular formula is C30H32ClN3O2. The van der Waals surface area contributed by atoms with Crippen LogP contribution in [0.3, 0.4) is 0 Å². The van der Waals surface area contributed by atoms with Gasteiger partial charge < -0.3 is 15.4 Å². The number of fused-ring (bicyclic) bond motifs is 2. The van der Waals surface area contributed by atoms with Crippen LogP contribution in [0.25, 0.3) is 33.3 Å². The summed E-state index contributed by atoms with van der Waals surface area (Å²) < 4.78 is 0. The quantitative estimate of drug-likeness (QED) is 0.300. The van der Waals surface area contributed by atoms with Crippen molar-refractivity contribution in [3.63, 3.8) is 0 Å². The van der Waals surface area contributed by atoms with Crippen LogP contribution in [0.2, 0.25) is 0 Å². The number of hydrogen-bond acceptors (Lipinski definition) is 3. The van der Waals surface area contributed by atoms with E-state index in [0.29, 0.717) is 12.3 Å². The third-order valence-electron chi connectivity index (χ3n) is 7.60. The molecule has 0 spiro atoms. The van der Waals surface area contributed by atoms with Gasteiger partial charge in [-0.3, -0.25) is 9.69 Å². The summed E-state index contributed by atoms with van der Waals surface area (Å²) in [4.78, 5) is 19.0. The molecule has 0 radical (unpaired) electrons. The number of halogens is 1. The highest BCUT2D eigenvalue weighted by atomic mass is 35.5. The molecule has 6 rings (SSSR count). The fraction of sp³-hybridized carbons (Fsp3) is 0.300. The predicted molar refractivity (Wildman–Crippen MR) is 148 cm³/mol. The SMILES string of the molecule is Cc1cc(-c2ccc(-c3cc4cc(CN5CCCCC5)ccc4[nH]3)c3c2CNC3=O)cc(C)c1O.Cl. The third-order valence-corrected chi connectivity index (χ3v) is 7.60. The van der Waals surface area contributed by atoms with Crippen LogP contribution in [-0.2, 0) is 13.1 Å². The summed E-state index contributed by atoms with van der Waals surface area (Å²) >= 11 is 0. The lowest BCUT2D eigenvalue weighted by molar-refractivity contribution is 0.0966. The van der Waals surface area contributed by atoms with E-state index in [1.165, 1.54) is 43.3 Å². The number of phenols is 1. The summed E-state index contributed by atoms with van der Waals surface area (Å²) in [5.74, 6) is 0.294. The normalized spacial score (nSPS) is 15.6. The molecule has 3 heterocycles. The number of nitrogens with one attached hydrogen (secondary N) is 2. The first kappa shape index (κ1) is 24.4. The topological polar surface area (TPSA) is 68.4 Å². The highest BCUT2D eigenvalue weighted by Gasteiger charge is 2.27. The second kappa shape index (κ2) is 9.64. The third kappa shape index (κ3) is 4.27. The van der Waals surface area contributed by atoms with Gasteiger partial charge in [-0.2, -0.15) is 0 Å². The van der Waals surface area contributed by atoms with Crippen molar-refractivity contribution in [2.75, 3.05) is 13.1 Å². The second-order valence-corrected chi connectivity index (χ2v) is 10.1. The zero-order valence-electron chi connectivity index (χ0n) is 20.8. The number of carbonyl (C=O) groups is 1. The molecule has 6 heteroatoms. The minimum Gasteiger partial charge on any atom is -0.507 e. The molecule has 1 amide bonds. The Morgan fingerprint density at radius 3 is 2.39 bits per heavy atom. The van der Waals surface area contributed by atoms with Crippen molar-refractivity contribution in [1.82, 2.24) is 15.2 Å². The molecule has 0 unspecified atom stereocenters. The number of piperidine rings is 1. The molecule has 0 saturated carbocycles. The Balaban J connectivity index is 0.00000267. The van der Waals surface area contributed by atoms with Gasteiger partial charge in [-0.15, -0.1) is 12.4 Å². The molecule has 1 fully saturated rings. The van der Waals surface area contributed by atoms with Crippen molar-refractivity contribution in [2.45, 2.75) is 46.2 Å². The monoisotopic (exact) mass is 501 g/mol. The summed E-state index contributed by atoms with van der Waals surface area (Å²) in [6.45, 7) is 7.70. The van der Waals surface area contributed by atoms with E-state index in [0.717, 1.165) is 56.7 Å². The molecule has 1 aromatic heterocycles. The summed E-state index contributed by atoms with van der Waals surface area (Å²) in [5, 5.41) is 14.4. The first-order valence-corrected chi connectivity index (χ1v) is 12.6. The zero-order valence-corrected chi connectivity index (χ0v) is 21.6. The van der Waals surface area contributed by atoms with Crippen LogP contribution in [-0.4, -0.2) is 34.0 Å². The van der Waals surface area contributed by atoms with Crippen molar-refractivity contribution < 1.29 is 9.90 Å². The number of aryl methyl sites for hydroxylation is 2. The maximum Gasteiger partial charge on any atom is 0.252 e. The zero-order chi connectivity index (χ0) is 24.1. The number of amides is 1. The highest BCUT2D eigenvalue weighted by molar-refractivity contribution is 6.07. The van der Waals surface area contributed by atoms with Crippen molar-refractivity contribution in [1.29, 1.82) is 0 Å². The largest absolute Gasteiger partial charge is 0.507 e. The van der Waals surface area contributed by atoms with Crippen molar-refractivity contribution in [3.05, 3.63) is 76.3 Å². The average Bonchev–Trinajstić information content (AvgIpc) is 3.46. The number of aromatic nitrogens is 1. The fourth-order valence-corrected chi connectivity index (χ4v) is 5.76. The smallest absolute Gasteiger partial charge is 0.252 e. The van der Waals surface area contributed by atoms with Crippen molar-refractivity contribution >= 4 is 29.2 Å². The van der Waals surface area contributed by atoms with E-state index in [4.69, 9.17) is 0 Å².